The van der Waals surface area contributed by atoms with E-state index < -0.39 is 36.8 Å². The molecule has 0 saturated carbocycles. The Morgan fingerprint density at radius 2 is 2.24 bits per heavy atom. The normalized spacial score (nSPS) is 32.9. The molecule has 1 fully saturated rings. The van der Waals surface area contributed by atoms with Gasteiger partial charge in [-0.1, -0.05) is 0 Å². The van der Waals surface area contributed by atoms with Gasteiger partial charge in [0.25, 0.3) is 0 Å². The molecule has 3 rings (SSSR count). The highest BCUT2D eigenvalue weighted by molar-refractivity contribution is 5.81. The number of ether oxygens (including phenoxy) is 1. The first kappa shape index (κ1) is 14.0. The van der Waals surface area contributed by atoms with Crippen LogP contribution in [-0.2, 0) is 4.74 Å². The third-order valence-corrected chi connectivity index (χ3v) is 3.57. The molecule has 21 heavy (non-hydrogen) atoms. The topological polar surface area (TPSA) is 119 Å². The average Bonchev–Trinajstić information content (AvgIpc) is 2.91. The van der Waals surface area contributed by atoms with Crippen LogP contribution in [0.15, 0.2) is 6.33 Å². The van der Waals surface area contributed by atoms with E-state index in [4.69, 9.17) is 15.6 Å². The highest BCUT2D eigenvalue weighted by Gasteiger charge is 2.55. The van der Waals surface area contributed by atoms with Crippen molar-refractivity contribution in [3.8, 4) is 0 Å². The molecule has 2 aromatic heterocycles. The number of alkyl halides is 1. The van der Waals surface area contributed by atoms with Crippen LogP contribution < -0.4 is 5.73 Å². The van der Waals surface area contributed by atoms with Crippen molar-refractivity contribution in [2.45, 2.75) is 31.0 Å². The van der Waals surface area contributed by atoms with E-state index in [9.17, 15) is 13.9 Å². The summed E-state index contributed by atoms with van der Waals surface area (Å²) < 4.78 is 34.4. The molecule has 3 heterocycles. The first-order valence-corrected chi connectivity index (χ1v) is 6.15. The van der Waals surface area contributed by atoms with Gasteiger partial charge in [0.2, 0.25) is 0 Å². The quantitative estimate of drug-likeness (QED) is 0.641. The predicted octanol–water partition coefficient (Wildman–Crippen LogP) is -0.474. The van der Waals surface area contributed by atoms with E-state index >= 15 is 0 Å². The Bertz CT molecular complexity index is 692. The fourth-order valence-corrected chi connectivity index (χ4v) is 2.45. The van der Waals surface area contributed by atoms with Gasteiger partial charge in [0.1, 0.15) is 12.2 Å². The number of hydrogen-bond donors (Lipinski definition) is 3. The maximum atomic E-state index is 14.7. The van der Waals surface area contributed by atoms with E-state index in [2.05, 4.69) is 15.0 Å². The molecule has 0 bridgehead atoms. The van der Waals surface area contributed by atoms with Crippen molar-refractivity contribution in [2.24, 2.45) is 0 Å². The number of fused-ring (bicyclic) bond motifs is 1. The molecule has 4 atom stereocenters. The second kappa shape index (κ2) is 4.55. The average molecular weight is 301 g/mol. The van der Waals surface area contributed by atoms with Gasteiger partial charge in [-0.3, -0.25) is 4.57 Å². The van der Waals surface area contributed by atoms with Crippen molar-refractivity contribution >= 4 is 17.0 Å². The van der Waals surface area contributed by atoms with E-state index in [0.29, 0.717) is 0 Å². The number of aliphatic hydroxyl groups is 2. The number of nitrogens with two attached hydrogens (primary N) is 1. The summed E-state index contributed by atoms with van der Waals surface area (Å²) in [6, 6.07) is 0. The Morgan fingerprint density at radius 3 is 2.86 bits per heavy atom. The molecular weight excluding hydrogens is 288 g/mol. The Kier molecular flexibility index (Phi) is 3.04. The fraction of sp³-hybridized carbons (Fsp3) is 0.545. The van der Waals surface area contributed by atoms with Crippen molar-refractivity contribution < 1.29 is 23.7 Å². The molecule has 114 valence electrons. The maximum Gasteiger partial charge on any atom is 0.312 e. The Balaban J connectivity index is 2.13. The van der Waals surface area contributed by atoms with E-state index in [1.54, 1.807) is 0 Å². The molecule has 1 saturated heterocycles. The van der Waals surface area contributed by atoms with Crippen LogP contribution in [0.1, 0.15) is 13.2 Å². The molecule has 0 spiro atoms. The van der Waals surface area contributed by atoms with Gasteiger partial charge < -0.3 is 20.7 Å². The number of aromatic nitrogens is 4. The van der Waals surface area contributed by atoms with E-state index in [-0.39, 0.29) is 17.0 Å². The zero-order valence-electron chi connectivity index (χ0n) is 10.9. The number of hydrogen-bond acceptors (Lipinski definition) is 7. The zero-order valence-corrected chi connectivity index (χ0v) is 10.9. The summed E-state index contributed by atoms with van der Waals surface area (Å²) in [4.78, 5) is 10.8. The minimum absolute atomic E-state index is 0.0559. The maximum absolute atomic E-state index is 14.7. The zero-order chi connectivity index (χ0) is 15.4. The van der Waals surface area contributed by atoms with Gasteiger partial charge in [-0.05, 0) is 6.92 Å². The molecule has 1 aliphatic heterocycles. The number of aliphatic hydroxyl groups excluding tert-OH is 2. The first-order valence-electron chi connectivity index (χ1n) is 6.15. The molecule has 0 aliphatic carbocycles. The van der Waals surface area contributed by atoms with E-state index in [0.717, 1.165) is 11.5 Å². The molecule has 0 amide bonds. The van der Waals surface area contributed by atoms with Crippen molar-refractivity contribution in [1.29, 1.82) is 0 Å². The molecule has 2 aromatic rings. The summed E-state index contributed by atoms with van der Waals surface area (Å²) in [5.74, 6) is -0.186. The minimum Gasteiger partial charge on any atom is -0.394 e. The Morgan fingerprint density at radius 1 is 1.52 bits per heavy atom. The summed E-state index contributed by atoms with van der Waals surface area (Å²) in [5.41, 5.74) is 3.34. The predicted molar refractivity (Wildman–Crippen MR) is 66.2 cm³/mol. The number of anilines is 1. The fourth-order valence-electron chi connectivity index (χ4n) is 2.45. The number of nitrogen functional groups attached to an aromatic ring is 1. The molecule has 10 heteroatoms. The summed E-state index contributed by atoms with van der Waals surface area (Å²) in [7, 11) is 0. The molecule has 4 N–H and O–H groups in total. The number of rotatable bonds is 2. The molecule has 0 unspecified atom stereocenters. The Hall–Kier alpha value is -1.91. The van der Waals surface area contributed by atoms with Crippen molar-refractivity contribution in [1.82, 2.24) is 19.5 Å². The monoisotopic (exact) mass is 301 g/mol. The lowest BCUT2D eigenvalue weighted by Crippen LogP contribution is -2.40. The van der Waals surface area contributed by atoms with Crippen molar-refractivity contribution in [3.05, 3.63) is 12.4 Å². The smallest absolute Gasteiger partial charge is 0.312 e. The lowest BCUT2D eigenvalue weighted by molar-refractivity contribution is -0.0567. The summed E-state index contributed by atoms with van der Waals surface area (Å²) in [6.45, 7) is 0.556. The van der Waals surface area contributed by atoms with E-state index in [1.807, 2.05) is 0 Å². The first-order chi connectivity index (χ1) is 9.86. The van der Waals surface area contributed by atoms with Crippen LogP contribution in [0.3, 0.4) is 0 Å². The highest BCUT2D eigenvalue weighted by Crippen LogP contribution is 2.42. The summed E-state index contributed by atoms with van der Waals surface area (Å²) in [5, 5.41) is 18.9. The number of imidazole rings is 1. The lowest BCUT2D eigenvalue weighted by atomic mass is 9.98. The third-order valence-electron chi connectivity index (χ3n) is 3.57. The molecule has 0 radical (unpaired) electrons. The van der Waals surface area contributed by atoms with Crippen molar-refractivity contribution in [2.75, 3.05) is 12.3 Å². The van der Waals surface area contributed by atoms with Gasteiger partial charge in [0.15, 0.2) is 28.9 Å². The van der Waals surface area contributed by atoms with Crippen LogP contribution >= 0.6 is 0 Å². The summed E-state index contributed by atoms with van der Waals surface area (Å²) >= 11 is 0. The third kappa shape index (κ3) is 1.94. The number of halogens is 2. The second-order valence-electron chi connectivity index (χ2n) is 5.01. The van der Waals surface area contributed by atoms with Crippen LogP contribution in [0.5, 0.6) is 0 Å². The van der Waals surface area contributed by atoms with Crippen LogP contribution in [0.2, 0.25) is 0 Å². The number of nitrogens with zero attached hydrogens (tertiary/aromatic N) is 4. The van der Waals surface area contributed by atoms with Gasteiger partial charge in [0.05, 0.1) is 12.9 Å². The largest absolute Gasteiger partial charge is 0.394 e. The van der Waals surface area contributed by atoms with E-state index in [1.165, 1.54) is 6.33 Å². The van der Waals surface area contributed by atoms with Gasteiger partial charge in [-0.2, -0.15) is 14.4 Å². The molecule has 1 aliphatic rings. The lowest BCUT2D eigenvalue weighted by Gasteiger charge is -2.24. The van der Waals surface area contributed by atoms with Gasteiger partial charge in [-0.25, -0.2) is 9.37 Å². The second-order valence-corrected chi connectivity index (χ2v) is 5.01. The van der Waals surface area contributed by atoms with Crippen LogP contribution in [0, 0.1) is 6.08 Å². The highest BCUT2D eigenvalue weighted by atomic mass is 19.1. The van der Waals surface area contributed by atoms with Crippen LogP contribution in [-0.4, -0.2) is 54.2 Å². The molecule has 8 nitrogen and oxygen atoms in total. The molecule has 0 aromatic carbocycles. The van der Waals surface area contributed by atoms with Crippen molar-refractivity contribution in [3.63, 3.8) is 0 Å². The Labute approximate surface area is 117 Å². The van der Waals surface area contributed by atoms with Gasteiger partial charge in [-0.15, -0.1) is 0 Å². The van der Waals surface area contributed by atoms with Crippen LogP contribution in [0.25, 0.3) is 11.2 Å². The standard InChI is InChI=1S/C11H13F2N5O3/c1-11(13)6(20)4(2-19)21-9(11)18-3-15-5-7(14)16-10(12)17-8(5)18/h3-4,6,9,19-20H,2H2,1H3,(H2,14,16,17)/t4-,6-,9+,11-/m1/s1. The summed E-state index contributed by atoms with van der Waals surface area (Å²) in [6.07, 6.45) is -3.90. The van der Waals surface area contributed by atoms with Crippen LogP contribution in [0.4, 0.5) is 14.6 Å². The SMILES string of the molecule is C[C@@]1(F)[C@H](O)[C@@H](CO)O[C@@H]1n1cnc2c(N)nc(F)nc21. The molecular formula is C11H13F2N5O3. The minimum atomic E-state index is -2.22. The van der Waals surface area contributed by atoms with Gasteiger partial charge in [0, 0.05) is 0 Å². The van der Waals surface area contributed by atoms with Gasteiger partial charge >= 0.3 is 6.08 Å².